The highest BCUT2D eigenvalue weighted by atomic mass is 35.5. The first-order chi connectivity index (χ1) is 6.54. The lowest BCUT2D eigenvalue weighted by atomic mass is 10.3. The molecule has 1 amide bonds. The van der Waals surface area contributed by atoms with Gasteiger partial charge < -0.3 is 5.32 Å². The zero-order chi connectivity index (χ0) is 10.7. The van der Waals surface area contributed by atoms with Gasteiger partial charge in [0, 0.05) is 0 Å². The number of pyridine rings is 1. The number of anilines is 1. The first-order valence-electron chi connectivity index (χ1n) is 3.80. The van der Waals surface area contributed by atoms with Crippen LogP contribution in [0.4, 0.5) is 5.82 Å². The van der Waals surface area contributed by atoms with E-state index in [2.05, 4.69) is 16.9 Å². The van der Waals surface area contributed by atoms with Gasteiger partial charge in [0.05, 0.1) is 15.7 Å². The lowest BCUT2D eigenvalue weighted by Gasteiger charge is -2.05. The third kappa shape index (κ3) is 2.47. The summed E-state index contributed by atoms with van der Waals surface area (Å²) in [5.74, 6) is -0.0698. The van der Waals surface area contributed by atoms with Crippen molar-refractivity contribution < 1.29 is 4.79 Å². The van der Waals surface area contributed by atoms with Crippen molar-refractivity contribution in [1.82, 2.24) is 4.98 Å². The minimum atomic E-state index is -0.360. The highest BCUT2D eigenvalue weighted by Gasteiger charge is 2.07. The largest absolute Gasteiger partial charge is 0.306 e. The van der Waals surface area contributed by atoms with Crippen LogP contribution in [-0.4, -0.2) is 10.9 Å². The van der Waals surface area contributed by atoms with Gasteiger partial charge in [-0.1, -0.05) is 29.8 Å². The summed E-state index contributed by atoms with van der Waals surface area (Å²) in [6.07, 6.45) is 1.14. The summed E-state index contributed by atoms with van der Waals surface area (Å²) in [4.78, 5) is 15.0. The van der Waals surface area contributed by atoms with Crippen LogP contribution in [0, 0.1) is 6.92 Å². The monoisotopic (exact) mass is 230 g/mol. The third-order valence-electron chi connectivity index (χ3n) is 1.53. The molecule has 3 nitrogen and oxygen atoms in total. The van der Waals surface area contributed by atoms with E-state index in [1.807, 2.05) is 0 Å². The van der Waals surface area contributed by atoms with Crippen molar-refractivity contribution in [2.75, 3.05) is 5.32 Å². The van der Waals surface area contributed by atoms with E-state index in [0.29, 0.717) is 21.6 Å². The Morgan fingerprint density at radius 3 is 2.79 bits per heavy atom. The number of aryl methyl sites for hydroxylation is 1. The Labute approximate surface area is 91.7 Å². The fourth-order valence-electron chi connectivity index (χ4n) is 0.814. The molecule has 1 heterocycles. The molecule has 5 heteroatoms. The van der Waals surface area contributed by atoms with E-state index in [1.165, 1.54) is 6.07 Å². The Bertz CT molecular complexity index is 391. The molecule has 1 rings (SSSR count). The van der Waals surface area contributed by atoms with E-state index in [1.54, 1.807) is 6.92 Å². The number of amides is 1. The van der Waals surface area contributed by atoms with Gasteiger partial charge in [0.1, 0.15) is 0 Å². The van der Waals surface area contributed by atoms with Gasteiger partial charge in [0.15, 0.2) is 5.82 Å². The molecule has 0 spiro atoms. The van der Waals surface area contributed by atoms with Crippen LogP contribution < -0.4 is 5.32 Å². The van der Waals surface area contributed by atoms with Crippen molar-refractivity contribution in [1.29, 1.82) is 0 Å². The molecule has 1 aromatic heterocycles. The quantitative estimate of drug-likeness (QED) is 0.795. The van der Waals surface area contributed by atoms with Gasteiger partial charge in [-0.3, -0.25) is 4.79 Å². The molecule has 1 aromatic rings. The van der Waals surface area contributed by atoms with E-state index >= 15 is 0 Å². The molecule has 0 fully saturated rings. The average Bonchev–Trinajstić information content (AvgIpc) is 2.14. The molecule has 0 aliphatic carbocycles. The molecule has 0 atom stereocenters. The molecule has 74 valence electrons. The van der Waals surface area contributed by atoms with Gasteiger partial charge in [-0.15, -0.1) is 0 Å². The number of nitrogens with zero attached hydrogens (tertiary/aromatic N) is 1. The lowest BCUT2D eigenvalue weighted by Crippen LogP contribution is -2.09. The van der Waals surface area contributed by atoms with Gasteiger partial charge in [-0.2, -0.15) is 0 Å². The Hall–Kier alpha value is -1.06. The second kappa shape index (κ2) is 4.44. The zero-order valence-corrected chi connectivity index (χ0v) is 8.99. The smallest absolute Gasteiger partial charge is 0.248 e. The summed E-state index contributed by atoms with van der Waals surface area (Å²) >= 11 is 11.6. The molecule has 0 radical (unpaired) electrons. The van der Waals surface area contributed by atoms with E-state index in [-0.39, 0.29) is 5.91 Å². The van der Waals surface area contributed by atoms with Crippen molar-refractivity contribution in [2.45, 2.75) is 6.92 Å². The van der Waals surface area contributed by atoms with Gasteiger partial charge in [-0.05, 0) is 19.1 Å². The molecule has 0 unspecified atom stereocenters. The minimum absolute atomic E-state index is 0.290. The summed E-state index contributed by atoms with van der Waals surface area (Å²) in [5.41, 5.74) is 0.607. The lowest BCUT2D eigenvalue weighted by molar-refractivity contribution is -0.111. The predicted molar refractivity (Wildman–Crippen MR) is 57.8 cm³/mol. The van der Waals surface area contributed by atoms with E-state index in [4.69, 9.17) is 23.2 Å². The summed E-state index contributed by atoms with van der Waals surface area (Å²) in [5, 5.41) is 3.24. The fraction of sp³-hybridized carbons (Fsp3) is 0.111. The Kier molecular flexibility index (Phi) is 3.49. The van der Waals surface area contributed by atoms with Gasteiger partial charge in [0.25, 0.3) is 0 Å². The standard InChI is InChI=1S/C9H8Cl2N2O/c1-3-8(14)13-9-7(11)4-6(10)5(2)12-9/h3-4H,1H2,2H3,(H,12,13,14). The number of halogens is 2. The number of nitrogens with one attached hydrogen (secondary N) is 1. The number of carbonyl (C=O) groups is 1. The number of hydrogen-bond acceptors (Lipinski definition) is 2. The van der Waals surface area contributed by atoms with Crippen molar-refractivity contribution >= 4 is 34.9 Å². The molecule has 0 saturated carbocycles. The average molecular weight is 231 g/mol. The van der Waals surface area contributed by atoms with Crippen molar-refractivity contribution in [3.8, 4) is 0 Å². The van der Waals surface area contributed by atoms with Gasteiger partial charge in [0.2, 0.25) is 5.91 Å². The third-order valence-corrected chi connectivity index (χ3v) is 2.20. The van der Waals surface area contributed by atoms with Crippen LogP contribution in [0.3, 0.4) is 0 Å². The summed E-state index contributed by atoms with van der Waals surface area (Å²) in [6, 6.07) is 1.53. The molecule has 0 aliphatic rings. The summed E-state index contributed by atoms with van der Waals surface area (Å²) in [6.45, 7) is 5.04. The number of hydrogen-bond donors (Lipinski definition) is 1. The highest BCUT2D eigenvalue weighted by molar-refractivity contribution is 6.36. The molecule has 0 saturated heterocycles. The van der Waals surface area contributed by atoms with E-state index < -0.39 is 0 Å². The van der Waals surface area contributed by atoms with E-state index in [0.717, 1.165) is 6.08 Å². The Balaban J connectivity index is 3.03. The predicted octanol–water partition coefficient (Wildman–Crippen LogP) is 2.82. The second-order valence-corrected chi connectivity index (χ2v) is 3.39. The molecular weight excluding hydrogens is 223 g/mol. The summed E-state index contributed by atoms with van der Waals surface area (Å²) < 4.78 is 0. The Morgan fingerprint density at radius 2 is 2.21 bits per heavy atom. The minimum Gasteiger partial charge on any atom is -0.306 e. The molecule has 0 bridgehead atoms. The van der Waals surface area contributed by atoms with Crippen LogP contribution in [0.2, 0.25) is 10.0 Å². The Morgan fingerprint density at radius 1 is 1.57 bits per heavy atom. The maximum absolute atomic E-state index is 11.0. The van der Waals surface area contributed by atoms with E-state index in [9.17, 15) is 4.79 Å². The van der Waals surface area contributed by atoms with Crippen LogP contribution in [0.25, 0.3) is 0 Å². The van der Waals surface area contributed by atoms with Crippen molar-refractivity contribution in [3.63, 3.8) is 0 Å². The normalized spacial score (nSPS) is 9.64. The number of rotatable bonds is 2. The first kappa shape index (κ1) is 11.0. The van der Waals surface area contributed by atoms with Gasteiger partial charge >= 0.3 is 0 Å². The molecule has 0 aliphatic heterocycles. The topological polar surface area (TPSA) is 42.0 Å². The molecule has 14 heavy (non-hydrogen) atoms. The molecule has 0 aromatic carbocycles. The maximum Gasteiger partial charge on any atom is 0.248 e. The van der Waals surface area contributed by atoms with Crippen molar-refractivity contribution in [2.24, 2.45) is 0 Å². The summed E-state index contributed by atoms with van der Waals surface area (Å²) in [7, 11) is 0. The number of aromatic nitrogens is 1. The SMILES string of the molecule is C=CC(=O)Nc1nc(C)c(Cl)cc1Cl. The molecular formula is C9H8Cl2N2O. The molecule has 1 N–H and O–H groups in total. The highest BCUT2D eigenvalue weighted by Crippen LogP contribution is 2.25. The van der Waals surface area contributed by atoms with Crippen LogP contribution in [-0.2, 0) is 4.79 Å². The fourth-order valence-corrected chi connectivity index (χ4v) is 1.22. The van der Waals surface area contributed by atoms with Gasteiger partial charge in [-0.25, -0.2) is 4.98 Å². The second-order valence-electron chi connectivity index (χ2n) is 2.58. The zero-order valence-electron chi connectivity index (χ0n) is 7.47. The van der Waals surface area contributed by atoms with Crippen LogP contribution in [0.1, 0.15) is 5.69 Å². The van der Waals surface area contributed by atoms with Crippen LogP contribution in [0.15, 0.2) is 18.7 Å². The van der Waals surface area contributed by atoms with Crippen LogP contribution in [0.5, 0.6) is 0 Å². The first-order valence-corrected chi connectivity index (χ1v) is 4.56. The van der Waals surface area contributed by atoms with Crippen LogP contribution >= 0.6 is 23.2 Å². The maximum atomic E-state index is 11.0. The van der Waals surface area contributed by atoms with Crippen molar-refractivity contribution in [3.05, 3.63) is 34.5 Å². The number of carbonyl (C=O) groups excluding carboxylic acids is 1.